The van der Waals surface area contributed by atoms with E-state index in [1.54, 1.807) is 0 Å². The van der Waals surface area contributed by atoms with Crippen molar-refractivity contribution in [2.75, 3.05) is 26.2 Å². The molecule has 5 nitrogen and oxygen atoms in total. The Hall–Kier alpha value is -2.24. The standard InChI is InChI=1S/C27H33ClN2O3/c1-16-11-17(2)24(28)21(12-16)19-5-6-20-22(13-19)32-15-27(3,4)25(20)29-26(31)33-23-14-30-9-7-18(23)8-10-30/h5-6,11-13,18,23,25H,7-10,14-15H2,1-4H3,(H,29,31)/t23-,25?/m0/s1. The van der Waals surface area contributed by atoms with Crippen molar-refractivity contribution in [2.45, 2.75) is 52.7 Å². The Morgan fingerprint density at radius 1 is 1.18 bits per heavy atom. The molecule has 176 valence electrons. The SMILES string of the molecule is Cc1cc(C)c(Cl)c(-c2ccc3c(c2)OCC(C)(C)C3NC(=O)O[C@H]2CN3CCC2CC3)c1. The summed E-state index contributed by atoms with van der Waals surface area (Å²) in [6, 6.07) is 10.2. The minimum absolute atomic E-state index is 0.0102. The van der Waals surface area contributed by atoms with Crippen molar-refractivity contribution in [3.05, 3.63) is 52.0 Å². The minimum Gasteiger partial charge on any atom is -0.493 e. The van der Waals surface area contributed by atoms with Gasteiger partial charge in [0.25, 0.3) is 0 Å². The first-order valence-corrected chi connectivity index (χ1v) is 12.3. The van der Waals surface area contributed by atoms with E-state index in [1.165, 1.54) is 5.56 Å². The van der Waals surface area contributed by atoms with Crippen LogP contribution in [0.2, 0.25) is 5.02 Å². The quantitative estimate of drug-likeness (QED) is 0.608. The third kappa shape index (κ3) is 4.33. The maximum Gasteiger partial charge on any atom is 0.407 e. The van der Waals surface area contributed by atoms with E-state index in [1.807, 2.05) is 13.0 Å². The van der Waals surface area contributed by atoms with E-state index in [-0.39, 0.29) is 23.7 Å². The normalized spacial score (nSPS) is 27.4. The Balaban J connectivity index is 1.38. The van der Waals surface area contributed by atoms with Gasteiger partial charge in [0.1, 0.15) is 11.9 Å². The molecule has 3 fully saturated rings. The number of carbonyl (C=O) groups is 1. The number of fused-ring (bicyclic) bond motifs is 4. The molecule has 2 atom stereocenters. The molecule has 1 unspecified atom stereocenters. The molecule has 4 aliphatic rings. The number of carbonyl (C=O) groups excluding carboxylic acids is 1. The monoisotopic (exact) mass is 468 g/mol. The molecule has 1 N–H and O–H groups in total. The molecule has 0 saturated carbocycles. The smallest absolute Gasteiger partial charge is 0.407 e. The molecule has 33 heavy (non-hydrogen) atoms. The third-order valence-corrected chi connectivity index (χ3v) is 8.03. The highest BCUT2D eigenvalue weighted by molar-refractivity contribution is 6.34. The molecular formula is C27H33ClN2O3. The first-order valence-electron chi connectivity index (χ1n) is 11.9. The lowest BCUT2D eigenvalue weighted by molar-refractivity contribution is -0.0361. The molecule has 6 rings (SSSR count). The van der Waals surface area contributed by atoms with E-state index in [0.29, 0.717) is 12.5 Å². The molecule has 4 heterocycles. The van der Waals surface area contributed by atoms with Gasteiger partial charge < -0.3 is 14.8 Å². The average Bonchev–Trinajstić information content (AvgIpc) is 2.79. The zero-order chi connectivity index (χ0) is 23.3. The number of alkyl carbamates (subject to hydrolysis) is 1. The molecule has 0 aliphatic carbocycles. The van der Waals surface area contributed by atoms with Crippen LogP contribution in [0.1, 0.15) is 49.4 Å². The number of halogens is 1. The molecule has 6 heteroatoms. The second kappa shape index (κ2) is 8.52. The predicted molar refractivity (Wildman–Crippen MR) is 131 cm³/mol. The highest BCUT2D eigenvalue weighted by Crippen LogP contribution is 2.45. The lowest BCUT2D eigenvalue weighted by Gasteiger charge is -2.44. The lowest BCUT2D eigenvalue weighted by atomic mass is 9.78. The Kier molecular flexibility index (Phi) is 5.82. The number of piperidine rings is 3. The van der Waals surface area contributed by atoms with Crippen LogP contribution in [0.15, 0.2) is 30.3 Å². The second-order valence-electron chi connectivity index (χ2n) is 10.6. The highest BCUT2D eigenvalue weighted by Gasteiger charge is 2.41. The van der Waals surface area contributed by atoms with Gasteiger partial charge in [-0.15, -0.1) is 0 Å². The molecular weight excluding hydrogens is 436 g/mol. The van der Waals surface area contributed by atoms with Crippen LogP contribution in [0.5, 0.6) is 5.75 Å². The number of hydrogen-bond acceptors (Lipinski definition) is 4. The van der Waals surface area contributed by atoms with Crippen LogP contribution in [0.3, 0.4) is 0 Å². The van der Waals surface area contributed by atoms with Gasteiger partial charge in [0.15, 0.2) is 0 Å². The molecule has 1 amide bonds. The van der Waals surface area contributed by atoms with E-state index in [4.69, 9.17) is 21.1 Å². The van der Waals surface area contributed by atoms with Gasteiger partial charge in [-0.1, -0.05) is 49.2 Å². The molecule has 0 radical (unpaired) electrons. The lowest BCUT2D eigenvalue weighted by Crippen LogP contribution is -2.53. The number of nitrogens with zero attached hydrogens (tertiary/aromatic N) is 1. The zero-order valence-electron chi connectivity index (χ0n) is 19.9. The van der Waals surface area contributed by atoms with E-state index < -0.39 is 0 Å². The van der Waals surface area contributed by atoms with Crippen LogP contribution < -0.4 is 10.1 Å². The molecule has 0 aromatic heterocycles. The number of benzene rings is 2. The summed E-state index contributed by atoms with van der Waals surface area (Å²) in [5.74, 6) is 1.27. The fourth-order valence-electron chi connectivity index (χ4n) is 5.60. The summed E-state index contributed by atoms with van der Waals surface area (Å²) in [6.07, 6.45) is 1.89. The Bertz CT molecular complexity index is 1080. The van der Waals surface area contributed by atoms with Gasteiger partial charge >= 0.3 is 6.09 Å². The van der Waals surface area contributed by atoms with Gasteiger partial charge in [0.05, 0.1) is 17.7 Å². The average molecular weight is 469 g/mol. The minimum atomic E-state index is -0.332. The summed E-state index contributed by atoms with van der Waals surface area (Å²) >= 11 is 6.63. The summed E-state index contributed by atoms with van der Waals surface area (Å²) < 4.78 is 12.1. The van der Waals surface area contributed by atoms with Crippen molar-refractivity contribution >= 4 is 17.7 Å². The van der Waals surface area contributed by atoms with E-state index in [9.17, 15) is 4.79 Å². The van der Waals surface area contributed by atoms with Crippen LogP contribution in [0.25, 0.3) is 11.1 Å². The first-order chi connectivity index (χ1) is 15.7. The fraction of sp³-hybridized carbons (Fsp3) is 0.519. The topological polar surface area (TPSA) is 50.8 Å². The van der Waals surface area contributed by atoms with Gasteiger partial charge in [0, 0.05) is 23.1 Å². The number of rotatable bonds is 3. The Labute approximate surface area is 201 Å². The van der Waals surface area contributed by atoms with Crippen LogP contribution in [-0.4, -0.2) is 43.3 Å². The molecule has 2 aromatic rings. The molecule has 2 aromatic carbocycles. The first kappa shape index (κ1) is 22.5. The van der Waals surface area contributed by atoms with Crippen molar-refractivity contribution in [2.24, 2.45) is 11.3 Å². The van der Waals surface area contributed by atoms with Gasteiger partial charge in [-0.05, 0) is 69.0 Å². The highest BCUT2D eigenvalue weighted by atomic mass is 35.5. The summed E-state index contributed by atoms with van der Waals surface area (Å²) in [5.41, 5.74) is 4.94. The van der Waals surface area contributed by atoms with Crippen LogP contribution in [-0.2, 0) is 4.74 Å². The van der Waals surface area contributed by atoms with Crippen LogP contribution >= 0.6 is 11.6 Å². The van der Waals surface area contributed by atoms with Gasteiger partial charge in [-0.2, -0.15) is 0 Å². The second-order valence-corrected chi connectivity index (χ2v) is 11.0. The van der Waals surface area contributed by atoms with Gasteiger partial charge in [-0.3, -0.25) is 4.90 Å². The van der Waals surface area contributed by atoms with Gasteiger partial charge in [0.2, 0.25) is 0 Å². The largest absolute Gasteiger partial charge is 0.493 e. The molecule has 2 bridgehead atoms. The Morgan fingerprint density at radius 2 is 1.94 bits per heavy atom. The summed E-state index contributed by atoms with van der Waals surface area (Å²) in [7, 11) is 0. The van der Waals surface area contributed by atoms with E-state index in [2.05, 4.69) is 55.3 Å². The van der Waals surface area contributed by atoms with Crippen LogP contribution in [0, 0.1) is 25.2 Å². The Morgan fingerprint density at radius 3 is 2.64 bits per heavy atom. The molecule has 0 spiro atoms. The fourth-order valence-corrected chi connectivity index (χ4v) is 5.82. The molecule has 4 aliphatic heterocycles. The number of amides is 1. The summed E-state index contributed by atoms with van der Waals surface area (Å²) in [4.78, 5) is 15.3. The van der Waals surface area contributed by atoms with Crippen molar-refractivity contribution in [3.8, 4) is 16.9 Å². The number of hydrogen-bond donors (Lipinski definition) is 1. The maximum atomic E-state index is 13.0. The van der Waals surface area contributed by atoms with E-state index in [0.717, 1.165) is 65.5 Å². The summed E-state index contributed by atoms with van der Waals surface area (Å²) in [6.45, 7) is 11.9. The van der Waals surface area contributed by atoms with Crippen LogP contribution in [0.4, 0.5) is 4.79 Å². The van der Waals surface area contributed by atoms with Crippen molar-refractivity contribution in [3.63, 3.8) is 0 Å². The van der Waals surface area contributed by atoms with Crippen molar-refractivity contribution in [1.29, 1.82) is 0 Å². The maximum absolute atomic E-state index is 13.0. The number of nitrogens with one attached hydrogen (secondary N) is 1. The summed E-state index contributed by atoms with van der Waals surface area (Å²) in [5, 5.41) is 3.93. The molecule has 3 saturated heterocycles. The number of aryl methyl sites for hydroxylation is 2. The number of ether oxygens (including phenoxy) is 2. The third-order valence-electron chi connectivity index (χ3n) is 7.53. The van der Waals surface area contributed by atoms with Crippen molar-refractivity contribution < 1.29 is 14.3 Å². The van der Waals surface area contributed by atoms with E-state index >= 15 is 0 Å². The zero-order valence-corrected chi connectivity index (χ0v) is 20.7. The van der Waals surface area contributed by atoms with Crippen molar-refractivity contribution in [1.82, 2.24) is 10.2 Å². The van der Waals surface area contributed by atoms with Gasteiger partial charge in [-0.25, -0.2) is 4.79 Å². The predicted octanol–water partition coefficient (Wildman–Crippen LogP) is 5.90.